The molecule has 1 aromatic carbocycles. The molecule has 0 spiro atoms. The molecule has 4 heterocycles. The van der Waals surface area contributed by atoms with Crippen LogP contribution in [0.3, 0.4) is 0 Å². The summed E-state index contributed by atoms with van der Waals surface area (Å²) in [5.74, 6) is 2.64. The SMILES string of the molecule is C=CC(=O)C[C@H]1CCOC[C@H]1Nc1cc2c(N3CCC(C)(OC)CC3)nc(-c3c(Cl)c(OC)cc(OC)c3Cl)nc2cn1. The maximum Gasteiger partial charge on any atom is 0.165 e. The van der Waals surface area contributed by atoms with Gasteiger partial charge in [0.25, 0.3) is 0 Å². The Bertz CT molecular complexity index is 1480. The fourth-order valence-electron chi connectivity index (χ4n) is 5.64. The number of pyridine rings is 1. The van der Waals surface area contributed by atoms with Crippen molar-refractivity contribution in [1.82, 2.24) is 15.0 Å². The van der Waals surface area contributed by atoms with E-state index in [2.05, 4.69) is 28.7 Å². The number of nitrogens with zero attached hydrogens (tertiary/aromatic N) is 4. The van der Waals surface area contributed by atoms with Gasteiger partial charge in [-0.1, -0.05) is 29.8 Å². The number of carbonyl (C=O) groups is 1. The van der Waals surface area contributed by atoms with Gasteiger partial charge in [-0.05, 0) is 44.2 Å². The number of allylic oxidation sites excluding steroid dienone is 1. The van der Waals surface area contributed by atoms with Gasteiger partial charge in [0, 0.05) is 44.7 Å². The van der Waals surface area contributed by atoms with Crippen LogP contribution in [-0.4, -0.2) is 80.0 Å². The molecule has 0 bridgehead atoms. The van der Waals surface area contributed by atoms with Crippen molar-refractivity contribution in [1.29, 1.82) is 0 Å². The summed E-state index contributed by atoms with van der Waals surface area (Å²) >= 11 is 13.5. The van der Waals surface area contributed by atoms with Crippen molar-refractivity contribution in [3.63, 3.8) is 0 Å². The lowest BCUT2D eigenvalue weighted by molar-refractivity contribution is -0.116. The molecule has 0 saturated carbocycles. The predicted molar refractivity (Wildman–Crippen MR) is 169 cm³/mol. The summed E-state index contributed by atoms with van der Waals surface area (Å²) in [6.45, 7) is 8.31. The Labute approximate surface area is 261 Å². The smallest absolute Gasteiger partial charge is 0.165 e. The second kappa shape index (κ2) is 13.2. The number of piperidine rings is 1. The molecule has 3 aromatic rings. The molecule has 5 rings (SSSR count). The van der Waals surface area contributed by atoms with Gasteiger partial charge in [0.2, 0.25) is 0 Å². The van der Waals surface area contributed by atoms with Crippen molar-refractivity contribution in [2.75, 3.05) is 57.8 Å². The van der Waals surface area contributed by atoms with Gasteiger partial charge in [0.1, 0.15) is 23.1 Å². The molecule has 12 heteroatoms. The molecule has 2 fully saturated rings. The minimum absolute atomic E-state index is 0.0213. The van der Waals surface area contributed by atoms with E-state index in [0.29, 0.717) is 53.9 Å². The van der Waals surface area contributed by atoms with Crippen LogP contribution in [0.1, 0.15) is 32.6 Å². The van der Waals surface area contributed by atoms with E-state index in [1.54, 1.807) is 19.4 Å². The number of benzene rings is 1. The minimum atomic E-state index is -0.206. The van der Waals surface area contributed by atoms with Crippen molar-refractivity contribution in [2.45, 2.75) is 44.2 Å². The average molecular weight is 631 g/mol. The highest BCUT2D eigenvalue weighted by Gasteiger charge is 2.32. The topological polar surface area (TPSA) is 108 Å². The molecular formula is C31H37Cl2N5O5. The number of anilines is 2. The van der Waals surface area contributed by atoms with Crippen molar-refractivity contribution >= 4 is 51.5 Å². The zero-order chi connectivity index (χ0) is 30.7. The number of rotatable bonds is 10. The average Bonchev–Trinajstić information content (AvgIpc) is 3.02. The van der Waals surface area contributed by atoms with Gasteiger partial charge >= 0.3 is 0 Å². The number of ketones is 1. The lowest BCUT2D eigenvalue weighted by Crippen LogP contribution is -2.44. The van der Waals surface area contributed by atoms with Crippen molar-refractivity contribution in [3.8, 4) is 22.9 Å². The maximum absolute atomic E-state index is 12.1. The molecular weight excluding hydrogens is 593 g/mol. The third kappa shape index (κ3) is 6.52. The van der Waals surface area contributed by atoms with E-state index < -0.39 is 0 Å². The molecule has 2 aliphatic rings. The Hall–Kier alpha value is -3.18. The maximum atomic E-state index is 12.1. The largest absolute Gasteiger partial charge is 0.495 e. The number of hydrogen-bond donors (Lipinski definition) is 1. The number of aromatic nitrogens is 3. The van der Waals surface area contributed by atoms with E-state index in [-0.39, 0.29) is 33.4 Å². The number of fused-ring (bicyclic) bond motifs is 1. The van der Waals surface area contributed by atoms with Crippen LogP contribution in [0.25, 0.3) is 22.3 Å². The molecule has 1 N–H and O–H groups in total. The number of halogens is 2. The fourth-order valence-corrected chi connectivity index (χ4v) is 6.31. The highest BCUT2D eigenvalue weighted by Crippen LogP contribution is 2.46. The first-order valence-electron chi connectivity index (χ1n) is 14.3. The normalized spacial score (nSPS) is 20.1. The van der Waals surface area contributed by atoms with Gasteiger partial charge in [-0.2, -0.15) is 0 Å². The van der Waals surface area contributed by atoms with Crippen LogP contribution in [0.2, 0.25) is 10.0 Å². The molecule has 230 valence electrons. The first kappa shape index (κ1) is 31.3. The summed E-state index contributed by atoms with van der Waals surface area (Å²) in [4.78, 5) is 29.0. The van der Waals surface area contributed by atoms with Crippen LogP contribution in [-0.2, 0) is 14.3 Å². The van der Waals surface area contributed by atoms with E-state index in [1.165, 1.54) is 20.3 Å². The number of carbonyl (C=O) groups excluding carboxylic acids is 1. The van der Waals surface area contributed by atoms with Crippen molar-refractivity contribution < 1.29 is 23.7 Å². The molecule has 2 saturated heterocycles. The summed E-state index contributed by atoms with van der Waals surface area (Å²) in [6.07, 6.45) is 5.93. The summed E-state index contributed by atoms with van der Waals surface area (Å²) in [6, 6.07) is 3.51. The van der Waals surface area contributed by atoms with E-state index in [4.69, 9.17) is 52.1 Å². The minimum Gasteiger partial charge on any atom is -0.495 e. The standard InChI is InChI=1S/C31H37Cl2N5O5/c1-6-19(39)13-18-7-12-43-17-22(18)35-25-14-20-21(16-34-25)36-29(26-27(32)23(40-3)15-24(41-4)28(26)33)37-30(20)38-10-8-31(2,42-5)9-11-38/h6,14-16,18,22H,1,7-13,17H2,2-5H3,(H,34,35)/t18-,22-/m1/s1. The fraction of sp³-hybridized carbons (Fsp3) is 0.484. The van der Waals surface area contributed by atoms with Crippen LogP contribution in [0.15, 0.2) is 31.0 Å². The van der Waals surface area contributed by atoms with Crippen LogP contribution < -0.4 is 19.7 Å². The number of ether oxygens (including phenoxy) is 4. The quantitative estimate of drug-likeness (QED) is 0.269. The monoisotopic (exact) mass is 629 g/mol. The van der Waals surface area contributed by atoms with E-state index in [0.717, 1.165) is 43.6 Å². The van der Waals surface area contributed by atoms with Crippen molar-refractivity contribution in [2.24, 2.45) is 5.92 Å². The first-order chi connectivity index (χ1) is 20.7. The predicted octanol–water partition coefficient (Wildman–Crippen LogP) is 5.98. The number of hydrogen-bond acceptors (Lipinski definition) is 10. The van der Waals surface area contributed by atoms with Gasteiger partial charge in [-0.25, -0.2) is 15.0 Å². The first-order valence-corrected chi connectivity index (χ1v) is 15.0. The molecule has 2 aliphatic heterocycles. The molecule has 43 heavy (non-hydrogen) atoms. The second-order valence-corrected chi connectivity index (χ2v) is 11.9. The zero-order valence-corrected chi connectivity index (χ0v) is 26.4. The third-order valence-electron chi connectivity index (χ3n) is 8.50. The van der Waals surface area contributed by atoms with Gasteiger partial charge in [0.15, 0.2) is 11.6 Å². The molecule has 0 radical (unpaired) electrons. The lowest BCUT2D eigenvalue weighted by atomic mass is 9.89. The third-order valence-corrected chi connectivity index (χ3v) is 9.25. The van der Waals surface area contributed by atoms with Crippen LogP contribution >= 0.6 is 23.2 Å². The Balaban J connectivity index is 1.59. The van der Waals surface area contributed by atoms with Gasteiger partial charge in [0.05, 0.1) is 59.8 Å². The second-order valence-electron chi connectivity index (χ2n) is 11.1. The highest BCUT2D eigenvalue weighted by molar-refractivity contribution is 6.41. The van der Waals surface area contributed by atoms with Crippen LogP contribution in [0, 0.1) is 5.92 Å². The molecule has 2 atom stereocenters. The van der Waals surface area contributed by atoms with E-state index >= 15 is 0 Å². The van der Waals surface area contributed by atoms with Gasteiger partial charge in [-0.15, -0.1) is 0 Å². The van der Waals surface area contributed by atoms with E-state index in [1.807, 2.05) is 6.07 Å². The molecule has 0 unspecified atom stereocenters. The van der Waals surface area contributed by atoms with Crippen LogP contribution in [0.4, 0.5) is 11.6 Å². The van der Waals surface area contributed by atoms with Gasteiger partial charge < -0.3 is 29.2 Å². The Kier molecular flexibility index (Phi) is 9.60. The van der Waals surface area contributed by atoms with E-state index in [9.17, 15) is 4.79 Å². The van der Waals surface area contributed by atoms with Crippen LogP contribution in [0.5, 0.6) is 11.5 Å². The molecule has 0 aliphatic carbocycles. The summed E-state index contributed by atoms with van der Waals surface area (Å²) in [7, 11) is 4.81. The van der Waals surface area contributed by atoms with Crippen molar-refractivity contribution in [3.05, 3.63) is 41.0 Å². The van der Waals surface area contributed by atoms with Gasteiger partial charge in [-0.3, -0.25) is 4.79 Å². The Morgan fingerprint density at radius 3 is 2.49 bits per heavy atom. The molecule has 0 amide bonds. The number of nitrogens with one attached hydrogen (secondary N) is 1. The highest BCUT2D eigenvalue weighted by atomic mass is 35.5. The summed E-state index contributed by atoms with van der Waals surface area (Å²) < 4.78 is 22.5. The Morgan fingerprint density at radius 1 is 1.16 bits per heavy atom. The summed E-state index contributed by atoms with van der Waals surface area (Å²) in [5.41, 5.74) is 0.831. The molecule has 10 nitrogen and oxygen atoms in total. The zero-order valence-electron chi connectivity index (χ0n) is 24.9. The lowest BCUT2D eigenvalue weighted by Gasteiger charge is -2.39. The Morgan fingerprint density at radius 2 is 1.86 bits per heavy atom. The summed E-state index contributed by atoms with van der Waals surface area (Å²) in [5, 5.41) is 4.90. The number of methoxy groups -OCH3 is 3. The molecule has 2 aromatic heterocycles.